The van der Waals surface area contributed by atoms with Crippen LogP contribution in [0.2, 0.25) is 5.15 Å². The summed E-state index contributed by atoms with van der Waals surface area (Å²) in [6, 6.07) is 3.59. The molecule has 1 aromatic rings. The Kier molecular flexibility index (Phi) is 6.07. The number of carbonyl (C=O) groups excluding carboxylic acids is 1. The molecule has 0 aromatic carbocycles. The zero-order valence-corrected chi connectivity index (χ0v) is 14.7. The van der Waals surface area contributed by atoms with Gasteiger partial charge in [0.25, 0.3) is 0 Å². The van der Waals surface area contributed by atoms with Crippen LogP contribution in [-0.4, -0.2) is 65.8 Å². The minimum Gasteiger partial charge on any atom is -0.489 e. The second-order valence-corrected chi connectivity index (χ2v) is 6.81. The summed E-state index contributed by atoms with van der Waals surface area (Å²) in [7, 11) is 0. The molecule has 1 amide bonds. The topological polar surface area (TPSA) is 54.9 Å². The summed E-state index contributed by atoms with van der Waals surface area (Å²) in [6.45, 7) is 9.91. The van der Waals surface area contributed by atoms with Gasteiger partial charge in [0.15, 0.2) is 10.9 Å². The van der Waals surface area contributed by atoms with Crippen LogP contribution in [0.15, 0.2) is 18.3 Å². The van der Waals surface area contributed by atoms with Crippen molar-refractivity contribution >= 4 is 17.7 Å². The van der Waals surface area contributed by atoms with Crippen molar-refractivity contribution in [3.8, 4) is 5.75 Å². The van der Waals surface area contributed by atoms with Crippen LogP contribution in [0.1, 0.15) is 20.8 Å². The van der Waals surface area contributed by atoms with E-state index in [1.807, 2.05) is 20.8 Å². The third-order valence-corrected chi connectivity index (χ3v) is 3.70. The van der Waals surface area contributed by atoms with Crippen molar-refractivity contribution in [1.82, 2.24) is 14.8 Å². The number of halogens is 1. The van der Waals surface area contributed by atoms with Crippen LogP contribution in [-0.2, 0) is 4.74 Å². The molecule has 1 saturated heterocycles. The molecule has 1 aliphatic rings. The SMILES string of the molecule is CC(C)(C)OC(=O)N1CCN(CCOc2cccnc2Cl)CC1. The zero-order chi connectivity index (χ0) is 16.9. The number of hydrogen-bond acceptors (Lipinski definition) is 5. The van der Waals surface area contributed by atoms with E-state index in [4.69, 9.17) is 21.1 Å². The summed E-state index contributed by atoms with van der Waals surface area (Å²) in [5, 5.41) is 0.377. The molecular weight excluding hydrogens is 318 g/mol. The number of piperazine rings is 1. The lowest BCUT2D eigenvalue weighted by molar-refractivity contribution is 0.0137. The highest BCUT2D eigenvalue weighted by Gasteiger charge is 2.25. The number of amides is 1. The Morgan fingerprint density at radius 2 is 2.00 bits per heavy atom. The van der Waals surface area contributed by atoms with Crippen molar-refractivity contribution in [2.45, 2.75) is 26.4 Å². The number of rotatable bonds is 4. The number of nitrogens with zero attached hydrogens (tertiary/aromatic N) is 3. The molecule has 0 N–H and O–H groups in total. The van der Waals surface area contributed by atoms with Crippen molar-refractivity contribution in [3.05, 3.63) is 23.5 Å². The lowest BCUT2D eigenvalue weighted by Crippen LogP contribution is -2.50. The third kappa shape index (κ3) is 5.88. The molecule has 0 aliphatic carbocycles. The summed E-state index contributed by atoms with van der Waals surface area (Å²) < 4.78 is 11.0. The fourth-order valence-electron chi connectivity index (χ4n) is 2.24. The minimum absolute atomic E-state index is 0.240. The molecule has 1 aromatic heterocycles. The molecule has 0 spiro atoms. The van der Waals surface area contributed by atoms with E-state index in [0.29, 0.717) is 30.6 Å². The van der Waals surface area contributed by atoms with Gasteiger partial charge in [0, 0.05) is 38.9 Å². The summed E-state index contributed by atoms with van der Waals surface area (Å²) in [5.74, 6) is 0.599. The minimum atomic E-state index is -0.453. The van der Waals surface area contributed by atoms with Crippen LogP contribution in [0, 0.1) is 0 Å². The van der Waals surface area contributed by atoms with Crippen molar-refractivity contribution in [1.29, 1.82) is 0 Å². The molecule has 0 saturated carbocycles. The molecule has 2 rings (SSSR count). The predicted octanol–water partition coefficient (Wildman–Crippen LogP) is 2.67. The summed E-state index contributed by atoms with van der Waals surface area (Å²) >= 11 is 5.94. The molecule has 1 fully saturated rings. The Labute approximate surface area is 142 Å². The predicted molar refractivity (Wildman–Crippen MR) is 89.0 cm³/mol. The van der Waals surface area contributed by atoms with Gasteiger partial charge in [0.1, 0.15) is 12.2 Å². The van der Waals surface area contributed by atoms with Crippen molar-refractivity contribution in [2.75, 3.05) is 39.3 Å². The van der Waals surface area contributed by atoms with Gasteiger partial charge in [-0.3, -0.25) is 4.90 Å². The van der Waals surface area contributed by atoms with E-state index >= 15 is 0 Å². The average Bonchev–Trinajstić information content (AvgIpc) is 2.48. The summed E-state index contributed by atoms with van der Waals surface area (Å²) in [4.78, 5) is 20.0. The molecule has 0 bridgehead atoms. The zero-order valence-electron chi connectivity index (χ0n) is 13.9. The number of pyridine rings is 1. The molecule has 2 heterocycles. The quantitative estimate of drug-likeness (QED) is 0.788. The molecule has 6 nitrogen and oxygen atoms in total. The first-order valence-electron chi connectivity index (χ1n) is 7.79. The molecule has 23 heavy (non-hydrogen) atoms. The first-order valence-corrected chi connectivity index (χ1v) is 8.16. The summed E-state index contributed by atoms with van der Waals surface area (Å²) in [6.07, 6.45) is 1.39. The van der Waals surface area contributed by atoms with E-state index in [2.05, 4.69) is 9.88 Å². The lowest BCUT2D eigenvalue weighted by atomic mass is 10.2. The standard InChI is InChI=1S/C16H24ClN3O3/c1-16(2,3)23-15(21)20-9-7-19(8-10-20)11-12-22-13-5-4-6-18-14(13)17/h4-6H,7-12H2,1-3H3. The highest BCUT2D eigenvalue weighted by atomic mass is 35.5. The van der Waals surface area contributed by atoms with Gasteiger partial charge in [0.05, 0.1) is 0 Å². The van der Waals surface area contributed by atoms with E-state index < -0.39 is 5.60 Å². The van der Waals surface area contributed by atoms with E-state index in [0.717, 1.165) is 19.6 Å². The van der Waals surface area contributed by atoms with Gasteiger partial charge in [-0.25, -0.2) is 9.78 Å². The van der Waals surface area contributed by atoms with Gasteiger partial charge < -0.3 is 14.4 Å². The molecule has 0 radical (unpaired) electrons. The van der Waals surface area contributed by atoms with Crippen molar-refractivity contribution in [2.24, 2.45) is 0 Å². The number of ether oxygens (including phenoxy) is 2. The average molecular weight is 342 g/mol. The van der Waals surface area contributed by atoms with E-state index in [1.54, 1.807) is 23.2 Å². The van der Waals surface area contributed by atoms with Gasteiger partial charge in [-0.05, 0) is 32.9 Å². The normalized spacial score (nSPS) is 16.3. The smallest absolute Gasteiger partial charge is 0.410 e. The molecular formula is C16H24ClN3O3. The van der Waals surface area contributed by atoms with Gasteiger partial charge in [-0.1, -0.05) is 11.6 Å². The maximum atomic E-state index is 12.0. The number of hydrogen-bond donors (Lipinski definition) is 0. The number of aromatic nitrogens is 1. The lowest BCUT2D eigenvalue weighted by Gasteiger charge is -2.35. The largest absolute Gasteiger partial charge is 0.489 e. The molecule has 1 aliphatic heterocycles. The highest BCUT2D eigenvalue weighted by molar-refractivity contribution is 6.30. The van der Waals surface area contributed by atoms with Crippen LogP contribution < -0.4 is 4.74 Å². The van der Waals surface area contributed by atoms with E-state index in [9.17, 15) is 4.79 Å². The van der Waals surface area contributed by atoms with Crippen LogP contribution in [0.5, 0.6) is 5.75 Å². The van der Waals surface area contributed by atoms with Gasteiger partial charge in [-0.15, -0.1) is 0 Å². The monoisotopic (exact) mass is 341 g/mol. The van der Waals surface area contributed by atoms with E-state index in [-0.39, 0.29) is 6.09 Å². The van der Waals surface area contributed by atoms with Crippen LogP contribution >= 0.6 is 11.6 Å². The highest BCUT2D eigenvalue weighted by Crippen LogP contribution is 2.20. The second kappa shape index (κ2) is 7.84. The Balaban J connectivity index is 1.69. The Hall–Kier alpha value is -1.53. The fourth-order valence-corrected chi connectivity index (χ4v) is 2.42. The molecule has 0 unspecified atom stereocenters. The third-order valence-electron chi connectivity index (χ3n) is 3.41. The molecule has 0 atom stereocenters. The maximum absolute atomic E-state index is 12.0. The Bertz CT molecular complexity index is 526. The first-order chi connectivity index (χ1) is 10.8. The van der Waals surface area contributed by atoms with Gasteiger partial charge in [0.2, 0.25) is 0 Å². The number of carbonyl (C=O) groups is 1. The maximum Gasteiger partial charge on any atom is 0.410 e. The van der Waals surface area contributed by atoms with Crippen molar-refractivity contribution < 1.29 is 14.3 Å². The first kappa shape index (κ1) is 17.8. The van der Waals surface area contributed by atoms with E-state index in [1.165, 1.54) is 0 Å². The second-order valence-electron chi connectivity index (χ2n) is 6.45. The van der Waals surface area contributed by atoms with Gasteiger partial charge >= 0.3 is 6.09 Å². The van der Waals surface area contributed by atoms with Crippen LogP contribution in [0.4, 0.5) is 4.79 Å². The molecule has 128 valence electrons. The van der Waals surface area contributed by atoms with Crippen LogP contribution in [0.25, 0.3) is 0 Å². The molecule has 7 heteroatoms. The fraction of sp³-hybridized carbons (Fsp3) is 0.625. The van der Waals surface area contributed by atoms with Crippen molar-refractivity contribution in [3.63, 3.8) is 0 Å². The Morgan fingerprint density at radius 1 is 1.30 bits per heavy atom. The van der Waals surface area contributed by atoms with Gasteiger partial charge in [-0.2, -0.15) is 0 Å². The Morgan fingerprint density at radius 3 is 2.61 bits per heavy atom. The van der Waals surface area contributed by atoms with Crippen LogP contribution in [0.3, 0.4) is 0 Å². The summed E-state index contributed by atoms with van der Waals surface area (Å²) in [5.41, 5.74) is -0.453.